The first-order chi connectivity index (χ1) is 6.15. The monoisotopic (exact) mass is 282 g/mol. The van der Waals surface area contributed by atoms with Crippen LogP contribution < -0.4 is 11.5 Å². The molecule has 0 unspecified atom stereocenters. The molecule has 0 fully saturated rings. The third-order valence-electron chi connectivity index (χ3n) is 1.84. The summed E-state index contributed by atoms with van der Waals surface area (Å²) in [5.41, 5.74) is 11.9. The Bertz CT molecular complexity index is 296. The molecule has 0 bridgehead atoms. The second-order valence-corrected chi connectivity index (χ2v) is 3.70. The van der Waals surface area contributed by atoms with Crippen LogP contribution in [0.15, 0.2) is 22.7 Å². The van der Waals surface area contributed by atoms with Crippen LogP contribution in [0.1, 0.15) is 18.0 Å². The van der Waals surface area contributed by atoms with Gasteiger partial charge < -0.3 is 11.5 Å². The Morgan fingerprint density at radius 1 is 1.43 bits per heavy atom. The average molecular weight is 284 g/mol. The van der Waals surface area contributed by atoms with E-state index < -0.39 is 0 Å². The van der Waals surface area contributed by atoms with Gasteiger partial charge in [0.05, 0.1) is 0 Å². The summed E-state index contributed by atoms with van der Waals surface area (Å²) in [7, 11) is 0. The summed E-state index contributed by atoms with van der Waals surface area (Å²) in [6, 6.07) is 4.28. The van der Waals surface area contributed by atoms with Crippen molar-refractivity contribution < 1.29 is 4.39 Å². The van der Waals surface area contributed by atoms with Crippen LogP contribution in [0.25, 0.3) is 0 Å². The predicted molar refractivity (Wildman–Crippen MR) is 61.9 cm³/mol. The highest BCUT2D eigenvalue weighted by Gasteiger charge is 2.09. The quantitative estimate of drug-likeness (QED) is 0.895. The van der Waals surface area contributed by atoms with Gasteiger partial charge in [-0.05, 0) is 36.7 Å². The molecule has 0 aliphatic carbocycles. The third kappa shape index (κ3) is 3.53. The molecule has 5 heteroatoms. The fourth-order valence-electron chi connectivity index (χ4n) is 1.13. The topological polar surface area (TPSA) is 52.0 Å². The van der Waals surface area contributed by atoms with E-state index in [1.54, 1.807) is 6.07 Å². The lowest BCUT2D eigenvalue weighted by molar-refractivity contribution is 0.610. The molecule has 2 nitrogen and oxygen atoms in total. The molecule has 4 N–H and O–H groups in total. The van der Waals surface area contributed by atoms with Crippen molar-refractivity contribution in [2.45, 2.75) is 12.5 Å². The SMILES string of the molecule is Cl.NCC[C@H](N)c1cc(F)ccc1Br. The van der Waals surface area contributed by atoms with E-state index in [1.807, 2.05) is 0 Å². The lowest BCUT2D eigenvalue weighted by Crippen LogP contribution is -2.15. The van der Waals surface area contributed by atoms with Crippen molar-refractivity contribution in [3.63, 3.8) is 0 Å². The number of rotatable bonds is 3. The highest BCUT2D eigenvalue weighted by atomic mass is 79.9. The summed E-state index contributed by atoms with van der Waals surface area (Å²) >= 11 is 3.31. The van der Waals surface area contributed by atoms with Gasteiger partial charge >= 0.3 is 0 Å². The number of benzene rings is 1. The molecule has 0 spiro atoms. The van der Waals surface area contributed by atoms with E-state index in [0.29, 0.717) is 13.0 Å². The van der Waals surface area contributed by atoms with Crippen molar-refractivity contribution in [1.29, 1.82) is 0 Å². The number of halogens is 3. The first-order valence-electron chi connectivity index (χ1n) is 4.05. The van der Waals surface area contributed by atoms with Gasteiger partial charge in [-0.3, -0.25) is 0 Å². The van der Waals surface area contributed by atoms with E-state index in [0.717, 1.165) is 10.0 Å². The van der Waals surface area contributed by atoms with Crippen molar-refractivity contribution >= 4 is 28.3 Å². The Balaban J connectivity index is 0.00000169. The molecule has 0 amide bonds. The van der Waals surface area contributed by atoms with Gasteiger partial charge in [-0.1, -0.05) is 15.9 Å². The lowest BCUT2D eigenvalue weighted by Gasteiger charge is -2.12. The fraction of sp³-hybridized carbons (Fsp3) is 0.333. The van der Waals surface area contributed by atoms with Crippen molar-refractivity contribution in [1.82, 2.24) is 0 Å². The van der Waals surface area contributed by atoms with Gasteiger partial charge in [0.1, 0.15) is 5.82 Å². The minimum Gasteiger partial charge on any atom is -0.330 e. The van der Waals surface area contributed by atoms with Crippen molar-refractivity contribution in [3.05, 3.63) is 34.1 Å². The van der Waals surface area contributed by atoms with Crippen LogP contribution in [0.5, 0.6) is 0 Å². The Morgan fingerprint density at radius 2 is 2.07 bits per heavy atom. The summed E-state index contributed by atoms with van der Waals surface area (Å²) in [5.74, 6) is -0.273. The molecule has 0 saturated carbocycles. The van der Waals surface area contributed by atoms with Gasteiger partial charge in [0, 0.05) is 10.5 Å². The van der Waals surface area contributed by atoms with Gasteiger partial charge in [-0.15, -0.1) is 12.4 Å². The lowest BCUT2D eigenvalue weighted by atomic mass is 10.1. The molecule has 80 valence electrons. The van der Waals surface area contributed by atoms with Gasteiger partial charge in [0.15, 0.2) is 0 Å². The van der Waals surface area contributed by atoms with Crippen LogP contribution in [0.4, 0.5) is 4.39 Å². The van der Waals surface area contributed by atoms with E-state index in [2.05, 4.69) is 15.9 Å². The smallest absolute Gasteiger partial charge is 0.123 e. The molecule has 0 aliphatic heterocycles. The van der Waals surface area contributed by atoms with E-state index in [4.69, 9.17) is 11.5 Å². The summed E-state index contributed by atoms with van der Waals surface area (Å²) in [6.45, 7) is 0.504. The molecule has 0 heterocycles. The summed E-state index contributed by atoms with van der Waals surface area (Å²) < 4.78 is 13.7. The Hall–Kier alpha value is -0.160. The molecular formula is C9H13BrClFN2. The van der Waals surface area contributed by atoms with Gasteiger partial charge in [0.2, 0.25) is 0 Å². The zero-order valence-corrected chi connectivity index (χ0v) is 9.94. The zero-order valence-electron chi connectivity index (χ0n) is 7.54. The minimum atomic E-state index is -0.273. The normalized spacial score (nSPS) is 12.0. The first kappa shape index (κ1) is 13.8. The predicted octanol–water partition coefficient (Wildman–Crippen LogP) is 2.36. The Labute approximate surface area is 97.4 Å². The molecule has 0 saturated heterocycles. The summed E-state index contributed by atoms with van der Waals surface area (Å²) in [6.07, 6.45) is 0.655. The van der Waals surface area contributed by atoms with Crippen LogP contribution in [-0.2, 0) is 0 Å². The zero-order chi connectivity index (χ0) is 9.84. The largest absolute Gasteiger partial charge is 0.330 e. The standard InChI is InChI=1S/C9H12BrFN2.ClH/c10-8-2-1-6(11)5-7(8)9(13)3-4-12;/h1-2,5,9H,3-4,12-13H2;1H/t9-;/m0./s1. The maximum absolute atomic E-state index is 12.8. The maximum atomic E-state index is 12.8. The number of hydrogen-bond acceptors (Lipinski definition) is 2. The van der Waals surface area contributed by atoms with E-state index in [-0.39, 0.29) is 24.3 Å². The fourth-order valence-corrected chi connectivity index (χ4v) is 1.67. The molecule has 1 rings (SSSR count). The van der Waals surface area contributed by atoms with Crippen LogP contribution in [0.3, 0.4) is 0 Å². The van der Waals surface area contributed by atoms with Gasteiger partial charge in [0.25, 0.3) is 0 Å². The molecular weight excluding hydrogens is 270 g/mol. The summed E-state index contributed by atoms with van der Waals surface area (Å²) in [4.78, 5) is 0. The van der Waals surface area contributed by atoms with Crippen molar-refractivity contribution in [2.75, 3.05) is 6.54 Å². The minimum absolute atomic E-state index is 0. The molecule has 1 aromatic rings. The second-order valence-electron chi connectivity index (χ2n) is 2.85. The summed E-state index contributed by atoms with van der Waals surface area (Å²) in [5, 5.41) is 0. The highest BCUT2D eigenvalue weighted by molar-refractivity contribution is 9.10. The van der Waals surface area contributed by atoms with Crippen LogP contribution in [0.2, 0.25) is 0 Å². The van der Waals surface area contributed by atoms with Crippen molar-refractivity contribution in [2.24, 2.45) is 11.5 Å². The van der Waals surface area contributed by atoms with Gasteiger partial charge in [-0.2, -0.15) is 0 Å². The van der Waals surface area contributed by atoms with Crippen LogP contribution >= 0.6 is 28.3 Å². The molecule has 0 radical (unpaired) electrons. The number of nitrogens with two attached hydrogens (primary N) is 2. The highest BCUT2D eigenvalue weighted by Crippen LogP contribution is 2.24. The second kappa shape index (κ2) is 6.35. The first-order valence-corrected chi connectivity index (χ1v) is 4.85. The molecule has 1 aromatic carbocycles. The van der Waals surface area contributed by atoms with Gasteiger partial charge in [-0.25, -0.2) is 4.39 Å². The Kier molecular flexibility index (Phi) is 6.27. The van der Waals surface area contributed by atoms with Crippen LogP contribution in [-0.4, -0.2) is 6.54 Å². The number of hydrogen-bond donors (Lipinski definition) is 2. The van der Waals surface area contributed by atoms with E-state index in [9.17, 15) is 4.39 Å². The van der Waals surface area contributed by atoms with E-state index >= 15 is 0 Å². The van der Waals surface area contributed by atoms with Crippen molar-refractivity contribution in [3.8, 4) is 0 Å². The molecule has 1 atom stereocenters. The maximum Gasteiger partial charge on any atom is 0.123 e. The molecule has 14 heavy (non-hydrogen) atoms. The molecule has 0 aliphatic rings. The van der Waals surface area contributed by atoms with E-state index in [1.165, 1.54) is 12.1 Å². The van der Waals surface area contributed by atoms with Crippen LogP contribution in [0, 0.1) is 5.82 Å². The average Bonchev–Trinajstić information content (AvgIpc) is 2.09. The molecule has 0 aromatic heterocycles. The Morgan fingerprint density at radius 3 is 2.64 bits per heavy atom. The third-order valence-corrected chi connectivity index (χ3v) is 2.56.